The molecule has 0 spiro atoms. The number of aryl methyl sites for hydroxylation is 1. The predicted molar refractivity (Wildman–Crippen MR) is 86.2 cm³/mol. The van der Waals surface area contributed by atoms with Crippen LogP contribution >= 0.6 is 11.3 Å². The zero-order valence-corrected chi connectivity index (χ0v) is 12.7. The van der Waals surface area contributed by atoms with Crippen LogP contribution in [0.4, 0.5) is 5.69 Å². The number of aliphatic hydroxyl groups is 1. The van der Waals surface area contributed by atoms with Crippen molar-refractivity contribution in [2.24, 2.45) is 0 Å². The smallest absolute Gasteiger partial charge is 0.104 e. The van der Waals surface area contributed by atoms with Crippen molar-refractivity contribution in [1.82, 2.24) is 0 Å². The molecular weight excluding hydrogens is 266 g/mol. The molecule has 2 nitrogen and oxygen atoms in total. The second-order valence-electron chi connectivity index (χ2n) is 4.52. The maximum atomic E-state index is 8.82. The van der Waals surface area contributed by atoms with Gasteiger partial charge in [0.2, 0.25) is 0 Å². The van der Waals surface area contributed by atoms with Crippen molar-refractivity contribution < 1.29 is 5.11 Å². The number of hydrogen-bond acceptors (Lipinski definition) is 3. The Kier molecular flexibility index (Phi) is 5.23. The van der Waals surface area contributed by atoms with E-state index < -0.39 is 0 Å². The monoisotopic (exact) mass is 285 g/mol. The van der Waals surface area contributed by atoms with Gasteiger partial charge in [-0.15, -0.1) is 11.3 Å². The molecule has 0 aliphatic rings. The Bertz CT molecular complexity index is 621. The average molecular weight is 285 g/mol. The van der Waals surface area contributed by atoms with Gasteiger partial charge in [0.25, 0.3) is 0 Å². The van der Waals surface area contributed by atoms with E-state index in [0.717, 1.165) is 18.7 Å². The summed E-state index contributed by atoms with van der Waals surface area (Å²) in [6, 6.07) is 10.5. The number of thiophene rings is 1. The Morgan fingerprint density at radius 3 is 2.75 bits per heavy atom. The molecule has 3 heteroatoms. The van der Waals surface area contributed by atoms with Crippen LogP contribution in [0.15, 0.2) is 35.7 Å². The average Bonchev–Trinajstić information content (AvgIpc) is 2.90. The quantitative estimate of drug-likeness (QED) is 0.870. The van der Waals surface area contributed by atoms with Gasteiger partial charge in [-0.2, -0.15) is 0 Å². The molecule has 0 aliphatic heterocycles. The highest BCUT2D eigenvalue weighted by Gasteiger charge is 2.10. The highest BCUT2D eigenvalue weighted by Crippen LogP contribution is 2.24. The fourth-order valence-corrected chi connectivity index (χ4v) is 3.01. The molecule has 0 saturated heterocycles. The van der Waals surface area contributed by atoms with Crippen molar-refractivity contribution in [3.63, 3.8) is 0 Å². The van der Waals surface area contributed by atoms with E-state index >= 15 is 0 Å². The van der Waals surface area contributed by atoms with E-state index in [1.54, 1.807) is 11.3 Å². The van der Waals surface area contributed by atoms with Crippen LogP contribution in [0.1, 0.15) is 22.9 Å². The second-order valence-corrected chi connectivity index (χ2v) is 5.52. The van der Waals surface area contributed by atoms with E-state index in [2.05, 4.69) is 60.2 Å². The van der Waals surface area contributed by atoms with Gasteiger partial charge in [-0.3, -0.25) is 0 Å². The van der Waals surface area contributed by atoms with Crippen molar-refractivity contribution in [3.05, 3.63) is 51.7 Å². The number of para-hydroxylation sites is 1. The molecule has 1 aromatic heterocycles. The van der Waals surface area contributed by atoms with Gasteiger partial charge in [0.05, 0.1) is 6.54 Å². The second kappa shape index (κ2) is 7.14. The Labute approximate surface area is 124 Å². The number of nitrogens with zero attached hydrogens (tertiary/aromatic N) is 1. The minimum Gasteiger partial charge on any atom is -0.384 e. The van der Waals surface area contributed by atoms with Crippen LogP contribution in [0, 0.1) is 18.8 Å². The van der Waals surface area contributed by atoms with Gasteiger partial charge >= 0.3 is 0 Å². The summed E-state index contributed by atoms with van der Waals surface area (Å²) in [7, 11) is 0. The van der Waals surface area contributed by atoms with Gasteiger partial charge in [-0.1, -0.05) is 30.0 Å². The first kappa shape index (κ1) is 14.6. The summed E-state index contributed by atoms with van der Waals surface area (Å²) in [6.07, 6.45) is 0. The first-order valence-electron chi connectivity index (χ1n) is 6.73. The van der Waals surface area contributed by atoms with Crippen LogP contribution in [-0.2, 0) is 6.54 Å². The minimum atomic E-state index is -0.0927. The third-order valence-electron chi connectivity index (χ3n) is 3.22. The minimum absolute atomic E-state index is 0.0927. The van der Waals surface area contributed by atoms with Gasteiger partial charge in [0, 0.05) is 22.7 Å². The van der Waals surface area contributed by atoms with Crippen molar-refractivity contribution >= 4 is 17.0 Å². The molecule has 1 aromatic carbocycles. The third kappa shape index (κ3) is 3.41. The summed E-state index contributed by atoms with van der Waals surface area (Å²) in [6.45, 7) is 6.02. The molecule has 0 unspecified atom stereocenters. The summed E-state index contributed by atoms with van der Waals surface area (Å²) in [5.74, 6) is 5.75. The maximum Gasteiger partial charge on any atom is 0.104 e. The maximum absolute atomic E-state index is 8.82. The van der Waals surface area contributed by atoms with E-state index in [-0.39, 0.29) is 6.61 Å². The highest BCUT2D eigenvalue weighted by atomic mass is 32.1. The van der Waals surface area contributed by atoms with E-state index in [9.17, 15) is 0 Å². The predicted octanol–water partition coefficient (Wildman–Crippen LogP) is 3.43. The van der Waals surface area contributed by atoms with Gasteiger partial charge in [0.15, 0.2) is 0 Å². The summed E-state index contributed by atoms with van der Waals surface area (Å²) in [5.41, 5.74) is 3.58. The van der Waals surface area contributed by atoms with Crippen LogP contribution in [0.25, 0.3) is 0 Å². The number of aliphatic hydroxyl groups excluding tert-OH is 1. The highest BCUT2D eigenvalue weighted by molar-refractivity contribution is 7.10. The zero-order chi connectivity index (χ0) is 14.4. The Hall–Kier alpha value is -1.76. The topological polar surface area (TPSA) is 23.5 Å². The summed E-state index contributed by atoms with van der Waals surface area (Å²) < 4.78 is 0. The Morgan fingerprint density at radius 1 is 1.25 bits per heavy atom. The lowest BCUT2D eigenvalue weighted by Gasteiger charge is -2.24. The molecular formula is C17H19NOS. The number of anilines is 1. The van der Waals surface area contributed by atoms with Crippen molar-refractivity contribution in [3.8, 4) is 11.8 Å². The zero-order valence-electron chi connectivity index (χ0n) is 11.9. The lowest BCUT2D eigenvalue weighted by molar-refractivity contribution is 0.350. The van der Waals surface area contributed by atoms with Crippen LogP contribution in [0.2, 0.25) is 0 Å². The molecule has 2 rings (SSSR count). The van der Waals surface area contributed by atoms with Crippen LogP contribution in [0.5, 0.6) is 0 Å². The van der Waals surface area contributed by atoms with Crippen LogP contribution in [-0.4, -0.2) is 18.3 Å². The van der Waals surface area contributed by atoms with Gasteiger partial charge in [-0.05, 0) is 36.9 Å². The Morgan fingerprint density at radius 2 is 2.05 bits per heavy atom. The van der Waals surface area contributed by atoms with Crippen LogP contribution < -0.4 is 4.90 Å². The molecule has 0 atom stereocenters. The molecule has 2 aromatic rings. The first-order chi connectivity index (χ1) is 9.76. The molecule has 0 amide bonds. The molecule has 104 valence electrons. The van der Waals surface area contributed by atoms with Crippen molar-refractivity contribution in [2.45, 2.75) is 20.4 Å². The van der Waals surface area contributed by atoms with E-state index in [4.69, 9.17) is 5.11 Å². The number of rotatable bonds is 4. The van der Waals surface area contributed by atoms with Crippen LogP contribution in [0.3, 0.4) is 0 Å². The lowest BCUT2D eigenvalue weighted by Crippen LogP contribution is -2.22. The third-order valence-corrected chi connectivity index (χ3v) is 4.13. The Balaban J connectivity index is 2.23. The summed E-state index contributed by atoms with van der Waals surface area (Å²) in [4.78, 5) is 3.60. The van der Waals surface area contributed by atoms with Gasteiger partial charge < -0.3 is 10.0 Å². The largest absolute Gasteiger partial charge is 0.384 e. The molecule has 0 aliphatic carbocycles. The van der Waals surface area contributed by atoms with Gasteiger partial charge in [0.1, 0.15) is 6.61 Å². The normalized spacial score (nSPS) is 9.95. The van der Waals surface area contributed by atoms with Crippen molar-refractivity contribution in [2.75, 3.05) is 18.1 Å². The molecule has 0 radical (unpaired) electrons. The lowest BCUT2D eigenvalue weighted by atomic mass is 10.1. The molecule has 0 bridgehead atoms. The number of benzene rings is 1. The number of hydrogen-bond donors (Lipinski definition) is 1. The summed E-state index contributed by atoms with van der Waals surface area (Å²) in [5, 5.41) is 10.9. The summed E-state index contributed by atoms with van der Waals surface area (Å²) >= 11 is 1.72. The van der Waals surface area contributed by atoms with E-state index in [1.165, 1.54) is 16.1 Å². The molecule has 1 N–H and O–H groups in total. The fraction of sp³-hybridized carbons (Fsp3) is 0.294. The van der Waals surface area contributed by atoms with E-state index in [1.807, 2.05) is 6.07 Å². The SMILES string of the molecule is CCN(Cc1sccc1C#CCO)c1ccccc1C. The molecule has 1 heterocycles. The standard InChI is InChI=1S/C17H19NOS/c1-3-18(16-9-5-4-7-14(16)2)13-17-15(8-6-11-19)10-12-20-17/h4-5,7,9-10,12,19H,3,11,13H2,1-2H3. The molecule has 0 fully saturated rings. The van der Waals surface area contributed by atoms with Gasteiger partial charge in [-0.25, -0.2) is 0 Å². The fourth-order valence-electron chi connectivity index (χ4n) is 2.17. The van der Waals surface area contributed by atoms with Crippen molar-refractivity contribution in [1.29, 1.82) is 0 Å². The first-order valence-corrected chi connectivity index (χ1v) is 7.61. The molecule has 0 saturated carbocycles. The molecule has 20 heavy (non-hydrogen) atoms. The van der Waals surface area contributed by atoms with E-state index in [0.29, 0.717) is 0 Å².